The molecule has 0 aromatic heterocycles. The predicted molar refractivity (Wildman–Crippen MR) is 134 cm³/mol. The second-order valence-corrected chi connectivity index (χ2v) is 10.9. The Morgan fingerprint density at radius 2 is 1.83 bits per heavy atom. The lowest BCUT2D eigenvalue weighted by atomic mass is 9.97. The van der Waals surface area contributed by atoms with E-state index in [-0.39, 0.29) is 23.4 Å². The summed E-state index contributed by atoms with van der Waals surface area (Å²) in [5, 5.41) is 0.383. The van der Waals surface area contributed by atoms with Crippen molar-refractivity contribution >= 4 is 29.6 Å². The summed E-state index contributed by atoms with van der Waals surface area (Å²) in [5.74, 6) is -0.762. The molecule has 3 aliphatic rings. The third-order valence-corrected chi connectivity index (χ3v) is 8.24. The zero-order valence-corrected chi connectivity index (χ0v) is 21.1. The lowest BCUT2D eigenvalue weighted by Crippen LogP contribution is -2.37. The lowest BCUT2D eigenvalue weighted by Gasteiger charge is -2.32. The highest BCUT2D eigenvalue weighted by atomic mass is 35.5. The molecule has 1 N–H and O–H groups in total. The summed E-state index contributed by atoms with van der Waals surface area (Å²) < 4.78 is 39.1. The van der Waals surface area contributed by atoms with Crippen molar-refractivity contribution in [2.45, 2.75) is 57.3 Å². The molecule has 1 amide bonds. The van der Waals surface area contributed by atoms with Crippen LogP contribution in [0.5, 0.6) is 0 Å². The van der Waals surface area contributed by atoms with E-state index < -0.39 is 5.82 Å². The number of amides is 1. The monoisotopic (exact) mass is 521 g/mol. The van der Waals surface area contributed by atoms with Crippen LogP contribution in [0.15, 0.2) is 30.3 Å². The summed E-state index contributed by atoms with van der Waals surface area (Å²) in [5.41, 5.74) is 3.01. The van der Waals surface area contributed by atoms with Crippen LogP contribution in [0.2, 0.25) is 5.02 Å². The van der Waals surface area contributed by atoms with Gasteiger partial charge in [0.05, 0.1) is 18.3 Å². The highest BCUT2D eigenvalue weighted by molar-refractivity contribution is 7.95. The van der Waals surface area contributed by atoms with E-state index in [4.69, 9.17) is 16.3 Å². The number of benzene rings is 2. The van der Waals surface area contributed by atoms with Crippen molar-refractivity contribution in [1.29, 1.82) is 0 Å². The molecule has 2 heterocycles. The van der Waals surface area contributed by atoms with E-state index in [2.05, 4.69) is 9.62 Å². The maximum atomic E-state index is 15.0. The summed E-state index contributed by atoms with van der Waals surface area (Å²) in [4.78, 5) is 14.9. The minimum Gasteiger partial charge on any atom is -0.373 e. The number of hydrogen-bond donors (Lipinski definition) is 1. The second-order valence-electron chi connectivity index (χ2n) is 9.63. The number of nitrogens with one attached hydrogen (secondary N) is 1. The highest BCUT2D eigenvalue weighted by Crippen LogP contribution is 2.43. The maximum Gasteiger partial charge on any atom is 0.265 e. The van der Waals surface area contributed by atoms with Gasteiger partial charge < -0.3 is 4.74 Å². The quantitative estimate of drug-likeness (QED) is 0.430. The van der Waals surface area contributed by atoms with Gasteiger partial charge in [-0.05, 0) is 79.0 Å². The van der Waals surface area contributed by atoms with Crippen molar-refractivity contribution in [3.63, 3.8) is 0 Å². The molecule has 0 atom stereocenters. The van der Waals surface area contributed by atoms with Gasteiger partial charge in [-0.2, -0.15) is 0 Å². The molecule has 35 heavy (non-hydrogen) atoms. The zero-order chi connectivity index (χ0) is 24.4. The Morgan fingerprint density at radius 3 is 2.49 bits per heavy atom. The summed E-state index contributed by atoms with van der Waals surface area (Å²) in [7, 11) is 0. The molecular formula is C26H30ClF2N3O2S. The summed E-state index contributed by atoms with van der Waals surface area (Å²) in [6, 6.07) is 7.70. The molecule has 1 aliphatic carbocycles. The van der Waals surface area contributed by atoms with Crippen LogP contribution in [-0.4, -0.2) is 47.4 Å². The average Bonchev–Trinajstić information content (AvgIpc) is 3.64. The van der Waals surface area contributed by atoms with Gasteiger partial charge in [0, 0.05) is 49.9 Å². The van der Waals surface area contributed by atoms with Crippen LogP contribution < -0.4 is 4.72 Å². The van der Waals surface area contributed by atoms with Crippen LogP contribution in [0.1, 0.15) is 65.1 Å². The van der Waals surface area contributed by atoms with Gasteiger partial charge >= 0.3 is 0 Å². The Morgan fingerprint density at radius 1 is 1.06 bits per heavy atom. The summed E-state index contributed by atoms with van der Waals surface area (Å²) in [6.45, 7) is 4.62. The first-order valence-corrected chi connectivity index (χ1v) is 13.4. The van der Waals surface area contributed by atoms with Gasteiger partial charge in [0.25, 0.3) is 5.91 Å². The molecule has 1 saturated carbocycles. The van der Waals surface area contributed by atoms with Crippen molar-refractivity contribution in [3.05, 3.63) is 69.2 Å². The number of halogens is 3. The Bertz CT molecular complexity index is 1070. The molecule has 2 aromatic carbocycles. The molecule has 2 aliphatic heterocycles. The van der Waals surface area contributed by atoms with Crippen LogP contribution in [0.25, 0.3) is 0 Å². The molecule has 5 nitrogen and oxygen atoms in total. The molecule has 2 saturated heterocycles. The Kier molecular flexibility index (Phi) is 7.94. The third-order valence-electron chi connectivity index (χ3n) is 6.99. The zero-order valence-electron chi connectivity index (χ0n) is 19.6. The van der Waals surface area contributed by atoms with Gasteiger partial charge in [0.1, 0.15) is 11.6 Å². The first kappa shape index (κ1) is 25.0. The van der Waals surface area contributed by atoms with Crippen LogP contribution in [0.4, 0.5) is 8.78 Å². The van der Waals surface area contributed by atoms with Crippen LogP contribution in [-0.2, 0) is 17.9 Å². The third kappa shape index (κ3) is 6.35. The molecular weight excluding hydrogens is 492 g/mol. The highest BCUT2D eigenvalue weighted by Gasteiger charge is 2.30. The van der Waals surface area contributed by atoms with Crippen molar-refractivity contribution < 1.29 is 18.3 Å². The average molecular weight is 522 g/mol. The van der Waals surface area contributed by atoms with Crippen molar-refractivity contribution in [2.24, 2.45) is 0 Å². The molecule has 188 valence electrons. The number of carbonyl (C=O) groups is 1. The normalized spacial score (nSPS) is 19.5. The number of likely N-dealkylation sites (tertiary alicyclic amines) is 1. The Balaban J connectivity index is 1.16. The Hall–Kier alpha value is -1.71. The molecule has 0 bridgehead atoms. The smallest absolute Gasteiger partial charge is 0.265 e. The predicted octanol–water partition coefficient (Wildman–Crippen LogP) is 5.68. The molecule has 0 spiro atoms. The molecule has 5 rings (SSSR count). The summed E-state index contributed by atoms with van der Waals surface area (Å²) >= 11 is 7.37. The first-order valence-electron chi connectivity index (χ1n) is 12.3. The van der Waals surface area contributed by atoms with Gasteiger partial charge in [-0.15, -0.1) is 0 Å². The standard InChI is InChI=1S/C26H30ClF2N3O2S/c27-24-13-20(28)5-4-18(24)16-34-21-6-10-31(11-7-21)15-19-12-25(29)23(14-22(19)17-2-3-17)26(33)30-35-32-8-1-9-32/h4-5,12-14,17,21H,1-3,6-11,15-16H2,(H,30,33). The largest absolute Gasteiger partial charge is 0.373 e. The van der Waals surface area contributed by atoms with E-state index in [1.165, 1.54) is 24.3 Å². The molecule has 3 fully saturated rings. The molecule has 2 aromatic rings. The lowest BCUT2D eigenvalue weighted by molar-refractivity contribution is -0.00398. The topological polar surface area (TPSA) is 44.8 Å². The van der Waals surface area contributed by atoms with E-state index in [0.717, 1.165) is 75.0 Å². The number of ether oxygens (including phenoxy) is 1. The molecule has 0 unspecified atom stereocenters. The van der Waals surface area contributed by atoms with Crippen molar-refractivity contribution in [1.82, 2.24) is 13.9 Å². The van der Waals surface area contributed by atoms with Crippen molar-refractivity contribution in [3.8, 4) is 0 Å². The van der Waals surface area contributed by atoms with Crippen LogP contribution >= 0.6 is 23.7 Å². The molecule has 9 heteroatoms. The van der Waals surface area contributed by atoms with E-state index in [1.807, 2.05) is 4.31 Å². The number of hydrogen-bond acceptors (Lipinski definition) is 5. The number of nitrogens with zero attached hydrogens (tertiary/aromatic N) is 2. The van der Waals surface area contributed by atoms with Gasteiger partial charge in [0.2, 0.25) is 0 Å². The van der Waals surface area contributed by atoms with E-state index >= 15 is 0 Å². The number of carbonyl (C=O) groups excluding carboxylic acids is 1. The first-order chi connectivity index (χ1) is 17.0. The maximum absolute atomic E-state index is 15.0. The number of piperidine rings is 1. The van der Waals surface area contributed by atoms with E-state index in [0.29, 0.717) is 24.1 Å². The van der Waals surface area contributed by atoms with Crippen LogP contribution in [0, 0.1) is 11.6 Å². The van der Waals surface area contributed by atoms with Gasteiger partial charge in [-0.3, -0.25) is 14.4 Å². The molecule has 0 radical (unpaired) electrons. The van der Waals surface area contributed by atoms with Gasteiger partial charge in [-0.1, -0.05) is 17.7 Å². The van der Waals surface area contributed by atoms with Gasteiger partial charge in [0.15, 0.2) is 0 Å². The second kappa shape index (κ2) is 11.1. The fourth-order valence-electron chi connectivity index (χ4n) is 4.58. The van der Waals surface area contributed by atoms with Crippen LogP contribution in [0.3, 0.4) is 0 Å². The van der Waals surface area contributed by atoms with E-state index in [9.17, 15) is 13.6 Å². The van der Waals surface area contributed by atoms with E-state index in [1.54, 1.807) is 18.2 Å². The minimum absolute atomic E-state index is 0.113. The van der Waals surface area contributed by atoms with Gasteiger partial charge in [-0.25, -0.2) is 13.1 Å². The SMILES string of the molecule is O=C(NSN1CCC1)c1cc(C2CC2)c(CN2CCC(OCc3ccc(F)cc3Cl)CC2)cc1F. The fourth-order valence-corrected chi connectivity index (χ4v) is 5.56. The summed E-state index contributed by atoms with van der Waals surface area (Å²) in [6.07, 6.45) is 5.16. The minimum atomic E-state index is -0.458. The Labute approximate surface area is 214 Å². The number of rotatable bonds is 9. The van der Waals surface area contributed by atoms with Crippen molar-refractivity contribution in [2.75, 3.05) is 26.2 Å². The fraction of sp³-hybridized carbons (Fsp3) is 0.500.